The first-order chi connectivity index (χ1) is 11.3. The summed E-state index contributed by atoms with van der Waals surface area (Å²) in [5, 5.41) is 8.77. The van der Waals surface area contributed by atoms with Gasteiger partial charge in [0.2, 0.25) is 0 Å². The van der Waals surface area contributed by atoms with Crippen molar-refractivity contribution >= 4 is 0 Å². The van der Waals surface area contributed by atoms with Crippen molar-refractivity contribution < 1.29 is 0 Å². The Morgan fingerprint density at radius 3 is 2.39 bits per heavy atom. The number of unbranched alkanes of at least 4 members (excludes halogenated alkanes) is 2. The Hall–Kier alpha value is -1.99. The van der Waals surface area contributed by atoms with Gasteiger partial charge < -0.3 is 0 Å². The van der Waals surface area contributed by atoms with Gasteiger partial charge in [-0.2, -0.15) is 5.26 Å². The fourth-order valence-corrected chi connectivity index (χ4v) is 3.29. The second kappa shape index (κ2) is 9.91. The van der Waals surface area contributed by atoms with Gasteiger partial charge in [0.1, 0.15) is 0 Å². The van der Waals surface area contributed by atoms with Crippen molar-refractivity contribution in [3.8, 4) is 17.9 Å². The van der Waals surface area contributed by atoms with Crippen LogP contribution in [0.2, 0.25) is 0 Å². The highest BCUT2D eigenvalue weighted by molar-refractivity contribution is 5.41. The average molecular weight is 305 g/mol. The summed E-state index contributed by atoms with van der Waals surface area (Å²) in [6, 6.07) is 9.56. The summed E-state index contributed by atoms with van der Waals surface area (Å²) >= 11 is 0. The first-order valence-corrected chi connectivity index (χ1v) is 9.00. The van der Waals surface area contributed by atoms with Crippen LogP contribution in [0.25, 0.3) is 0 Å². The molecule has 0 saturated heterocycles. The molecule has 1 fully saturated rings. The van der Waals surface area contributed by atoms with Crippen LogP contribution in [-0.2, 0) is 0 Å². The Labute approximate surface area is 141 Å². The summed E-state index contributed by atoms with van der Waals surface area (Å²) in [6.07, 6.45) is 15.3. The van der Waals surface area contributed by atoms with Crippen molar-refractivity contribution in [3.63, 3.8) is 0 Å². The Morgan fingerprint density at radius 2 is 1.74 bits per heavy atom. The zero-order chi connectivity index (χ0) is 16.3. The van der Waals surface area contributed by atoms with E-state index in [0.717, 1.165) is 11.5 Å². The second-order valence-electron chi connectivity index (χ2n) is 6.59. The number of benzene rings is 1. The molecule has 0 aromatic heterocycles. The molecule has 1 aliphatic rings. The summed E-state index contributed by atoms with van der Waals surface area (Å²) in [4.78, 5) is 0. The van der Waals surface area contributed by atoms with Crippen LogP contribution in [0.15, 0.2) is 36.4 Å². The maximum Gasteiger partial charge on any atom is 0.0991 e. The van der Waals surface area contributed by atoms with E-state index in [1.54, 1.807) is 0 Å². The van der Waals surface area contributed by atoms with Gasteiger partial charge in [-0.05, 0) is 67.9 Å². The largest absolute Gasteiger partial charge is 0.192 e. The first-order valence-electron chi connectivity index (χ1n) is 9.00. The number of nitrogens with zero attached hydrogens (tertiary/aromatic N) is 1. The summed E-state index contributed by atoms with van der Waals surface area (Å²) in [6.45, 7) is 2.28. The van der Waals surface area contributed by atoms with Gasteiger partial charge in [-0.25, -0.2) is 0 Å². The van der Waals surface area contributed by atoms with Crippen LogP contribution in [-0.4, -0.2) is 0 Å². The number of rotatable bonds is 5. The van der Waals surface area contributed by atoms with Crippen LogP contribution in [0.4, 0.5) is 0 Å². The molecule has 0 aliphatic heterocycles. The molecule has 1 aromatic rings. The van der Waals surface area contributed by atoms with E-state index in [1.807, 2.05) is 30.3 Å². The van der Waals surface area contributed by atoms with Crippen molar-refractivity contribution in [2.45, 2.75) is 58.3 Å². The maximum absolute atomic E-state index is 8.77. The summed E-state index contributed by atoms with van der Waals surface area (Å²) < 4.78 is 0. The molecule has 0 unspecified atom stereocenters. The molecular formula is C22H27N. The third kappa shape index (κ3) is 6.33. The molecular weight excluding hydrogens is 278 g/mol. The number of hydrogen-bond donors (Lipinski definition) is 0. The second-order valence-corrected chi connectivity index (χ2v) is 6.59. The molecule has 0 N–H and O–H groups in total. The molecule has 0 radical (unpaired) electrons. The molecule has 23 heavy (non-hydrogen) atoms. The lowest BCUT2D eigenvalue weighted by Gasteiger charge is -2.26. The van der Waals surface area contributed by atoms with E-state index in [-0.39, 0.29) is 0 Å². The summed E-state index contributed by atoms with van der Waals surface area (Å²) in [5.41, 5.74) is 1.65. The minimum absolute atomic E-state index is 0.682. The molecule has 0 bridgehead atoms. The van der Waals surface area contributed by atoms with Gasteiger partial charge in [0, 0.05) is 5.56 Å². The van der Waals surface area contributed by atoms with E-state index in [2.05, 4.69) is 30.9 Å². The summed E-state index contributed by atoms with van der Waals surface area (Å²) in [7, 11) is 0. The van der Waals surface area contributed by atoms with Crippen LogP contribution in [0, 0.1) is 35.0 Å². The lowest BCUT2D eigenvalue weighted by atomic mass is 9.79. The van der Waals surface area contributed by atoms with Gasteiger partial charge in [0.05, 0.1) is 11.6 Å². The fraction of sp³-hybridized carbons (Fsp3) is 0.500. The van der Waals surface area contributed by atoms with Crippen LogP contribution in [0.3, 0.4) is 0 Å². The highest BCUT2D eigenvalue weighted by Crippen LogP contribution is 2.32. The van der Waals surface area contributed by atoms with Gasteiger partial charge in [-0.3, -0.25) is 0 Å². The molecule has 1 saturated carbocycles. The van der Waals surface area contributed by atoms with Gasteiger partial charge in [0.15, 0.2) is 0 Å². The topological polar surface area (TPSA) is 23.8 Å². The molecule has 1 aromatic carbocycles. The number of nitriles is 1. The minimum atomic E-state index is 0.682. The Kier molecular flexibility index (Phi) is 7.48. The van der Waals surface area contributed by atoms with E-state index >= 15 is 0 Å². The normalized spacial score (nSPS) is 20.7. The standard InChI is InChI=1S/C22H27N/c1-2-3-4-7-19-10-12-20(13-11-19)8-5-6-9-21-14-16-22(18-23)17-15-21/h5,8,14-17,19-20H,2-4,7,10-13H2,1H3/b8-5+/t19-,20-. The molecule has 0 atom stereocenters. The molecule has 2 rings (SSSR count). The smallest absolute Gasteiger partial charge is 0.0991 e. The molecule has 1 heteroatoms. The highest BCUT2D eigenvalue weighted by Gasteiger charge is 2.18. The Morgan fingerprint density at radius 1 is 1.04 bits per heavy atom. The lowest BCUT2D eigenvalue weighted by Crippen LogP contribution is -2.12. The number of hydrogen-bond acceptors (Lipinski definition) is 1. The van der Waals surface area contributed by atoms with Crippen LogP contribution < -0.4 is 0 Å². The van der Waals surface area contributed by atoms with Crippen molar-refractivity contribution in [2.75, 3.05) is 0 Å². The van der Waals surface area contributed by atoms with E-state index in [4.69, 9.17) is 5.26 Å². The highest BCUT2D eigenvalue weighted by atomic mass is 14.2. The lowest BCUT2D eigenvalue weighted by molar-refractivity contribution is 0.289. The average Bonchev–Trinajstić information content (AvgIpc) is 2.61. The third-order valence-electron chi connectivity index (χ3n) is 4.79. The van der Waals surface area contributed by atoms with Crippen molar-refractivity contribution in [2.24, 2.45) is 11.8 Å². The van der Waals surface area contributed by atoms with Gasteiger partial charge in [-0.1, -0.05) is 50.5 Å². The van der Waals surface area contributed by atoms with Gasteiger partial charge in [0.25, 0.3) is 0 Å². The maximum atomic E-state index is 8.77. The summed E-state index contributed by atoms with van der Waals surface area (Å²) in [5.74, 6) is 7.94. The zero-order valence-electron chi connectivity index (χ0n) is 14.2. The molecule has 0 heterocycles. The molecule has 1 nitrogen and oxygen atoms in total. The van der Waals surface area contributed by atoms with Gasteiger partial charge in [-0.15, -0.1) is 0 Å². The third-order valence-corrected chi connectivity index (χ3v) is 4.79. The monoisotopic (exact) mass is 305 g/mol. The predicted molar refractivity (Wildman–Crippen MR) is 96.8 cm³/mol. The van der Waals surface area contributed by atoms with Crippen molar-refractivity contribution in [3.05, 3.63) is 47.5 Å². The quantitative estimate of drug-likeness (QED) is 0.494. The Bertz CT molecular complexity index is 584. The van der Waals surface area contributed by atoms with Crippen LogP contribution >= 0.6 is 0 Å². The Balaban J connectivity index is 1.73. The molecule has 120 valence electrons. The van der Waals surface area contributed by atoms with E-state index in [0.29, 0.717) is 11.5 Å². The SMILES string of the molecule is CCCCC[C@H]1CC[C@H](/C=C/C#Cc2ccc(C#N)cc2)CC1. The van der Waals surface area contributed by atoms with Crippen LogP contribution in [0.5, 0.6) is 0 Å². The first kappa shape index (κ1) is 17.4. The van der Waals surface area contributed by atoms with E-state index in [9.17, 15) is 0 Å². The van der Waals surface area contributed by atoms with E-state index in [1.165, 1.54) is 51.4 Å². The molecule has 1 aliphatic carbocycles. The van der Waals surface area contributed by atoms with Crippen molar-refractivity contribution in [1.82, 2.24) is 0 Å². The molecule has 0 spiro atoms. The number of allylic oxidation sites excluding steroid dienone is 2. The van der Waals surface area contributed by atoms with Gasteiger partial charge >= 0.3 is 0 Å². The van der Waals surface area contributed by atoms with Crippen molar-refractivity contribution in [1.29, 1.82) is 5.26 Å². The van der Waals surface area contributed by atoms with E-state index < -0.39 is 0 Å². The minimum Gasteiger partial charge on any atom is -0.192 e. The zero-order valence-corrected chi connectivity index (χ0v) is 14.2. The molecule has 0 amide bonds. The van der Waals surface area contributed by atoms with Crippen LogP contribution in [0.1, 0.15) is 69.4 Å². The predicted octanol–water partition coefficient (Wildman–Crippen LogP) is 5.85. The fourth-order valence-electron chi connectivity index (χ4n) is 3.29.